The highest BCUT2D eigenvalue weighted by Gasteiger charge is 2.22. The largest absolute Gasteiger partial charge is 0.355 e. The van der Waals surface area contributed by atoms with Crippen LogP contribution in [-0.4, -0.2) is 19.0 Å². The second kappa shape index (κ2) is 6.77. The van der Waals surface area contributed by atoms with Crippen molar-refractivity contribution in [2.45, 2.75) is 38.5 Å². The molecular weight excluding hydrogens is 232 g/mol. The van der Waals surface area contributed by atoms with Gasteiger partial charge in [0, 0.05) is 23.3 Å². The van der Waals surface area contributed by atoms with Gasteiger partial charge in [0.05, 0.1) is 0 Å². The maximum atomic E-state index is 11.6. The molecule has 0 saturated heterocycles. The number of hydrogen-bond acceptors (Lipinski definition) is 3. The summed E-state index contributed by atoms with van der Waals surface area (Å²) in [5.41, 5.74) is 5.40. The van der Waals surface area contributed by atoms with Crippen molar-refractivity contribution in [3.8, 4) is 0 Å². The Morgan fingerprint density at radius 2 is 2.24 bits per heavy atom. The third-order valence-electron chi connectivity index (χ3n) is 2.77. The van der Waals surface area contributed by atoms with E-state index < -0.39 is 0 Å². The SMILES string of the molecule is CC(C)(CNC(=O)CCCCN)c1cccs1. The number of unbranched alkanes of at least 4 members (excludes halogenated alkanes) is 1. The summed E-state index contributed by atoms with van der Waals surface area (Å²) in [5, 5.41) is 5.07. The van der Waals surface area contributed by atoms with Gasteiger partial charge in [-0.3, -0.25) is 4.79 Å². The highest BCUT2D eigenvalue weighted by Crippen LogP contribution is 2.26. The summed E-state index contributed by atoms with van der Waals surface area (Å²) in [6, 6.07) is 4.16. The highest BCUT2D eigenvalue weighted by atomic mass is 32.1. The predicted octanol–water partition coefficient (Wildman–Crippen LogP) is 2.27. The zero-order chi connectivity index (χ0) is 12.7. The van der Waals surface area contributed by atoms with Crippen LogP contribution < -0.4 is 11.1 Å². The summed E-state index contributed by atoms with van der Waals surface area (Å²) in [7, 11) is 0. The Morgan fingerprint density at radius 1 is 1.47 bits per heavy atom. The van der Waals surface area contributed by atoms with Crippen LogP contribution >= 0.6 is 11.3 Å². The number of thiophene rings is 1. The van der Waals surface area contributed by atoms with E-state index in [1.165, 1.54) is 4.88 Å². The van der Waals surface area contributed by atoms with Crippen LogP contribution in [-0.2, 0) is 10.2 Å². The number of amides is 1. The molecule has 3 nitrogen and oxygen atoms in total. The van der Waals surface area contributed by atoms with Crippen LogP contribution in [0.4, 0.5) is 0 Å². The first kappa shape index (κ1) is 14.2. The monoisotopic (exact) mass is 254 g/mol. The molecule has 17 heavy (non-hydrogen) atoms. The number of rotatable bonds is 7. The molecule has 4 heteroatoms. The minimum atomic E-state index is 0.0116. The maximum Gasteiger partial charge on any atom is 0.220 e. The van der Waals surface area contributed by atoms with Crippen LogP contribution in [0.3, 0.4) is 0 Å². The summed E-state index contributed by atoms with van der Waals surface area (Å²) in [4.78, 5) is 12.9. The Labute approximate surface area is 107 Å². The lowest BCUT2D eigenvalue weighted by molar-refractivity contribution is -0.121. The van der Waals surface area contributed by atoms with Gasteiger partial charge in [0.2, 0.25) is 5.91 Å². The molecule has 1 aromatic heterocycles. The molecule has 0 spiro atoms. The van der Waals surface area contributed by atoms with Gasteiger partial charge in [-0.25, -0.2) is 0 Å². The van der Waals surface area contributed by atoms with Gasteiger partial charge in [-0.1, -0.05) is 19.9 Å². The summed E-state index contributed by atoms with van der Waals surface area (Å²) in [6.07, 6.45) is 2.38. The lowest BCUT2D eigenvalue weighted by Crippen LogP contribution is -2.36. The van der Waals surface area contributed by atoms with Gasteiger partial charge < -0.3 is 11.1 Å². The van der Waals surface area contributed by atoms with Gasteiger partial charge in [0.25, 0.3) is 0 Å². The van der Waals surface area contributed by atoms with E-state index in [1.54, 1.807) is 11.3 Å². The van der Waals surface area contributed by atoms with Gasteiger partial charge in [-0.2, -0.15) is 0 Å². The second-order valence-electron chi connectivity index (χ2n) is 4.88. The topological polar surface area (TPSA) is 55.1 Å². The van der Waals surface area contributed by atoms with E-state index in [0.29, 0.717) is 19.5 Å². The predicted molar refractivity (Wildman–Crippen MR) is 73.3 cm³/mol. The Bertz CT molecular complexity index is 333. The fraction of sp³-hybridized carbons (Fsp3) is 0.615. The molecule has 0 unspecified atom stereocenters. The molecular formula is C13H22N2OS. The molecule has 0 aliphatic carbocycles. The average molecular weight is 254 g/mol. The molecule has 0 radical (unpaired) electrons. The van der Waals surface area contributed by atoms with Crippen molar-refractivity contribution >= 4 is 17.2 Å². The lowest BCUT2D eigenvalue weighted by Gasteiger charge is -2.23. The van der Waals surface area contributed by atoms with E-state index in [9.17, 15) is 4.79 Å². The van der Waals surface area contributed by atoms with Crippen LogP contribution in [0.5, 0.6) is 0 Å². The molecule has 1 amide bonds. The van der Waals surface area contributed by atoms with Crippen LogP contribution in [0.2, 0.25) is 0 Å². The number of nitrogens with one attached hydrogen (secondary N) is 1. The minimum Gasteiger partial charge on any atom is -0.355 e. The van der Waals surface area contributed by atoms with E-state index in [2.05, 4.69) is 30.6 Å². The Hall–Kier alpha value is -0.870. The van der Waals surface area contributed by atoms with E-state index >= 15 is 0 Å². The average Bonchev–Trinajstić information content (AvgIpc) is 2.81. The van der Waals surface area contributed by atoms with Crippen molar-refractivity contribution < 1.29 is 4.79 Å². The van der Waals surface area contributed by atoms with Gasteiger partial charge in [-0.15, -0.1) is 11.3 Å². The Balaban J connectivity index is 2.32. The second-order valence-corrected chi connectivity index (χ2v) is 5.83. The lowest BCUT2D eigenvalue weighted by atomic mass is 9.91. The van der Waals surface area contributed by atoms with Crippen molar-refractivity contribution in [1.82, 2.24) is 5.32 Å². The molecule has 0 aliphatic rings. The van der Waals surface area contributed by atoms with Gasteiger partial charge >= 0.3 is 0 Å². The highest BCUT2D eigenvalue weighted by molar-refractivity contribution is 7.10. The standard InChI is InChI=1S/C13H22N2OS/c1-13(2,11-6-5-9-17-11)10-15-12(16)7-3-4-8-14/h5-6,9H,3-4,7-8,10,14H2,1-2H3,(H,15,16). The summed E-state index contributed by atoms with van der Waals surface area (Å²) in [5.74, 6) is 0.128. The van der Waals surface area contributed by atoms with Crippen LogP contribution in [0.1, 0.15) is 38.0 Å². The molecule has 1 aromatic rings. The molecule has 0 atom stereocenters. The van der Waals surface area contributed by atoms with Gasteiger partial charge in [0.1, 0.15) is 0 Å². The third-order valence-corrected chi connectivity index (χ3v) is 4.01. The number of hydrogen-bond donors (Lipinski definition) is 2. The van der Waals surface area contributed by atoms with E-state index in [1.807, 2.05) is 6.07 Å². The summed E-state index contributed by atoms with van der Waals surface area (Å²) < 4.78 is 0. The van der Waals surface area contributed by atoms with Gasteiger partial charge in [0.15, 0.2) is 0 Å². The van der Waals surface area contributed by atoms with Crippen LogP contribution in [0.15, 0.2) is 17.5 Å². The molecule has 0 bridgehead atoms. The fourth-order valence-corrected chi connectivity index (χ4v) is 2.44. The molecule has 0 aliphatic heterocycles. The fourth-order valence-electron chi connectivity index (χ4n) is 1.59. The first-order valence-electron chi connectivity index (χ1n) is 6.07. The normalized spacial score (nSPS) is 11.5. The van der Waals surface area contributed by atoms with Crippen molar-refractivity contribution in [2.75, 3.05) is 13.1 Å². The van der Waals surface area contributed by atoms with Crippen molar-refractivity contribution in [2.24, 2.45) is 5.73 Å². The minimum absolute atomic E-state index is 0.0116. The van der Waals surface area contributed by atoms with Crippen molar-refractivity contribution in [3.05, 3.63) is 22.4 Å². The molecule has 96 valence electrons. The molecule has 0 aromatic carbocycles. The maximum absolute atomic E-state index is 11.6. The smallest absolute Gasteiger partial charge is 0.220 e. The number of carbonyl (C=O) groups excluding carboxylic acids is 1. The molecule has 0 fully saturated rings. The first-order chi connectivity index (χ1) is 8.06. The number of nitrogens with two attached hydrogens (primary N) is 1. The van der Waals surface area contributed by atoms with Crippen molar-refractivity contribution in [3.63, 3.8) is 0 Å². The Morgan fingerprint density at radius 3 is 2.82 bits per heavy atom. The third kappa shape index (κ3) is 4.88. The molecule has 0 saturated carbocycles. The van der Waals surface area contributed by atoms with Crippen molar-refractivity contribution in [1.29, 1.82) is 0 Å². The molecule has 3 N–H and O–H groups in total. The van der Waals surface area contributed by atoms with Gasteiger partial charge in [-0.05, 0) is 30.8 Å². The van der Waals surface area contributed by atoms with E-state index in [-0.39, 0.29) is 11.3 Å². The Kier molecular flexibility index (Phi) is 5.65. The quantitative estimate of drug-likeness (QED) is 0.733. The van der Waals surface area contributed by atoms with E-state index in [4.69, 9.17) is 5.73 Å². The molecule has 1 heterocycles. The van der Waals surface area contributed by atoms with E-state index in [0.717, 1.165) is 12.8 Å². The summed E-state index contributed by atoms with van der Waals surface area (Å²) >= 11 is 1.74. The molecule has 1 rings (SSSR count). The van der Waals surface area contributed by atoms with Crippen LogP contribution in [0.25, 0.3) is 0 Å². The zero-order valence-corrected chi connectivity index (χ0v) is 11.5. The zero-order valence-electron chi connectivity index (χ0n) is 10.7. The first-order valence-corrected chi connectivity index (χ1v) is 6.95. The number of carbonyl (C=O) groups is 1. The van der Waals surface area contributed by atoms with Crippen LogP contribution in [0, 0.1) is 0 Å². The summed E-state index contributed by atoms with van der Waals surface area (Å²) in [6.45, 7) is 5.65.